The molecule has 122 valence electrons. The molecule has 0 aliphatic rings. The van der Waals surface area contributed by atoms with E-state index >= 15 is 0 Å². The topological polar surface area (TPSA) is 12.9 Å². The molecule has 0 unspecified atom stereocenters. The van der Waals surface area contributed by atoms with Crippen molar-refractivity contribution >= 4 is 47.2 Å². The zero-order valence-electron chi connectivity index (χ0n) is 13.4. The predicted octanol–water partition coefficient (Wildman–Crippen LogP) is 4.19. The van der Waals surface area contributed by atoms with Gasteiger partial charge in [0.05, 0.1) is 0 Å². The zero-order valence-corrected chi connectivity index (χ0v) is 16.9. The summed E-state index contributed by atoms with van der Waals surface area (Å²) in [7, 11) is 0. The fourth-order valence-electron chi connectivity index (χ4n) is 2.82. The van der Waals surface area contributed by atoms with Crippen molar-refractivity contribution in [1.29, 1.82) is 0 Å². The third kappa shape index (κ3) is 3.21. The Morgan fingerprint density at radius 1 is 0.680 bits per heavy atom. The van der Waals surface area contributed by atoms with Crippen LogP contribution in [0.4, 0.5) is 0 Å². The van der Waals surface area contributed by atoms with E-state index in [1.54, 1.807) is 0 Å². The SMILES string of the molecule is [Se]=P(c1ccccc1)(c1ccccc1)c1ccc(-c2ccccn2)s1. The first kappa shape index (κ1) is 16.7. The molecular weight excluding hydrogens is 408 g/mol. The van der Waals surface area contributed by atoms with Crippen LogP contribution in [0, 0.1) is 0 Å². The average molecular weight is 424 g/mol. The van der Waals surface area contributed by atoms with Crippen molar-refractivity contribution in [2.75, 3.05) is 0 Å². The quantitative estimate of drug-likeness (QED) is 0.354. The molecule has 0 saturated carbocycles. The Balaban J connectivity index is 1.89. The van der Waals surface area contributed by atoms with Crippen LogP contribution in [0.1, 0.15) is 0 Å². The van der Waals surface area contributed by atoms with E-state index < -0.39 is 5.51 Å². The Morgan fingerprint density at radius 3 is 1.84 bits per heavy atom. The number of hydrogen-bond donors (Lipinski definition) is 0. The van der Waals surface area contributed by atoms with Crippen LogP contribution in [-0.2, 0) is 0 Å². The van der Waals surface area contributed by atoms with E-state index in [1.165, 1.54) is 20.1 Å². The molecule has 0 N–H and O–H groups in total. The van der Waals surface area contributed by atoms with Crippen molar-refractivity contribution in [3.8, 4) is 10.6 Å². The third-order valence-electron chi connectivity index (χ3n) is 4.06. The summed E-state index contributed by atoms with van der Waals surface area (Å²) in [5.74, 6) is 0. The minimum absolute atomic E-state index is 1.03. The van der Waals surface area contributed by atoms with Gasteiger partial charge in [-0.15, -0.1) is 0 Å². The van der Waals surface area contributed by atoms with Gasteiger partial charge in [-0.05, 0) is 0 Å². The average Bonchev–Trinajstić information content (AvgIpc) is 3.20. The molecule has 4 aromatic rings. The summed E-state index contributed by atoms with van der Waals surface area (Å²) in [6.07, 6.45) is 1.85. The van der Waals surface area contributed by atoms with E-state index in [1.807, 2.05) is 29.7 Å². The van der Waals surface area contributed by atoms with Crippen molar-refractivity contribution < 1.29 is 0 Å². The number of aromatic nitrogens is 1. The molecule has 0 saturated heterocycles. The Bertz CT molecular complexity index is 970. The fourth-order valence-corrected chi connectivity index (χ4v) is 9.88. The second-order valence-electron chi connectivity index (χ2n) is 5.63. The van der Waals surface area contributed by atoms with E-state index in [9.17, 15) is 0 Å². The molecule has 0 aliphatic carbocycles. The molecule has 0 amide bonds. The summed E-state index contributed by atoms with van der Waals surface area (Å²) in [6, 6.07) is 32.1. The van der Waals surface area contributed by atoms with Crippen molar-refractivity contribution in [3.05, 3.63) is 97.2 Å². The van der Waals surface area contributed by atoms with E-state index in [0.29, 0.717) is 0 Å². The van der Waals surface area contributed by atoms with Crippen LogP contribution in [0.15, 0.2) is 97.2 Å². The molecule has 0 radical (unpaired) electrons. The van der Waals surface area contributed by atoms with E-state index in [4.69, 9.17) is 0 Å². The molecule has 0 aliphatic heterocycles. The summed E-state index contributed by atoms with van der Waals surface area (Å²) in [6.45, 7) is 0. The second kappa shape index (κ2) is 7.23. The summed E-state index contributed by atoms with van der Waals surface area (Å²) in [4.78, 5) is 5.71. The molecule has 2 heterocycles. The van der Waals surface area contributed by atoms with Gasteiger partial charge >= 0.3 is 160 Å². The van der Waals surface area contributed by atoms with Crippen LogP contribution in [-0.4, -0.2) is 20.1 Å². The van der Waals surface area contributed by atoms with Gasteiger partial charge in [0.15, 0.2) is 0 Å². The summed E-state index contributed by atoms with van der Waals surface area (Å²) in [5.41, 5.74) is -0.727. The van der Waals surface area contributed by atoms with E-state index in [-0.39, 0.29) is 0 Å². The zero-order chi connectivity index (χ0) is 17.1. The van der Waals surface area contributed by atoms with Gasteiger partial charge in [0.2, 0.25) is 0 Å². The number of nitrogens with zero attached hydrogens (tertiary/aromatic N) is 1. The van der Waals surface area contributed by atoms with Crippen molar-refractivity contribution in [1.82, 2.24) is 4.98 Å². The van der Waals surface area contributed by atoms with Crippen molar-refractivity contribution in [2.24, 2.45) is 0 Å². The van der Waals surface area contributed by atoms with Crippen molar-refractivity contribution in [3.63, 3.8) is 0 Å². The van der Waals surface area contributed by atoms with Crippen molar-refractivity contribution in [2.45, 2.75) is 0 Å². The molecule has 2 aromatic heterocycles. The standard InChI is InChI=1S/C21H16NPSSe/c25-23(17-9-3-1-4-10-17,18-11-5-2-6-12-18)21-15-14-20(24-21)19-13-7-8-16-22-19/h1-16H. The second-order valence-corrected chi connectivity index (χ2v) is 13.2. The normalized spacial score (nSPS) is 11.4. The molecule has 4 rings (SSSR count). The van der Waals surface area contributed by atoms with Gasteiger partial charge in [-0.2, -0.15) is 0 Å². The van der Waals surface area contributed by atoms with Gasteiger partial charge in [0.25, 0.3) is 0 Å². The summed E-state index contributed by atoms with van der Waals surface area (Å²) >= 11 is 5.44. The molecule has 25 heavy (non-hydrogen) atoms. The molecular formula is C21H16NPSSe. The number of thiophene rings is 1. The Kier molecular flexibility index (Phi) is 4.83. The maximum absolute atomic E-state index is 4.50. The van der Waals surface area contributed by atoms with Gasteiger partial charge in [0, 0.05) is 0 Å². The first-order valence-electron chi connectivity index (χ1n) is 8.01. The number of pyridine rings is 1. The van der Waals surface area contributed by atoms with Gasteiger partial charge in [-0.3, -0.25) is 0 Å². The van der Waals surface area contributed by atoms with Crippen LogP contribution in [0.3, 0.4) is 0 Å². The maximum atomic E-state index is 4.50. The van der Waals surface area contributed by atoms with Crippen LogP contribution in [0.5, 0.6) is 0 Å². The Hall–Kier alpha value is -1.76. The fraction of sp³-hybridized carbons (Fsp3) is 0. The predicted molar refractivity (Wildman–Crippen MR) is 112 cm³/mol. The number of hydrogen-bond acceptors (Lipinski definition) is 2. The van der Waals surface area contributed by atoms with E-state index in [0.717, 1.165) is 5.69 Å². The minimum atomic E-state index is -1.76. The molecule has 1 nitrogen and oxygen atoms in total. The number of rotatable bonds is 4. The Labute approximate surface area is 159 Å². The molecule has 0 bridgehead atoms. The summed E-state index contributed by atoms with van der Waals surface area (Å²) < 4.78 is 1.38. The first-order chi connectivity index (χ1) is 12.3. The van der Waals surface area contributed by atoms with Crippen LogP contribution in [0.2, 0.25) is 0 Å². The molecule has 0 fully saturated rings. The molecule has 2 aromatic carbocycles. The van der Waals surface area contributed by atoms with Crippen LogP contribution < -0.4 is 15.2 Å². The van der Waals surface area contributed by atoms with Gasteiger partial charge in [-0.1, -0.05) is 0 Å². The molecule has 0 atom stereocenters. The molecule has 0 spiro atoms. The Morgan fingerprint density at radius 2 is 1.28 bits per heavy atom. The summed E-state index contributed by atoms with van der Waals surface area (Å²) in [5, 5.41) is 2.71. The van der Waals surface area contributed by atoms with Crippen LogP contribution in [0.25, 0.3) is 10.6 Å². The van der Waals surface area contributed by atoms with Crippen LogP contribution >= 0.6 is 16.8 Å². The monoisotopic (exact) mass is 425 g/mol. The molecule has 4 heteroatoms. The first-order valence-corrected chi connectivity index (χ1v) is 12.8. The number of benzene rings is 2. The van der Waals surface area contributed by atoms with Gasteiger partial charge < -0.3 is 0 Å². The van der Waals surface area contributed by atoms with E-state index in [2.05, 4.69) is 98.9 Å². The van der Waals surface area contributed by atoms with Gasteiger partial charge in [-0.25, -0.2) is 0 Å². The van der Waals surface area contributed by atoms with Gasteiger partial charge in [0.1, 0.15) is 0 Å². The third-order valence-corrected chi connectivity index (χ3v) is 13.6.